The van der Waals surface area contributed by atoms with Crippen LogP contribution in [-0.4, -0.2) is 15.9 Å². The zero-order valence-corrected chi connectivity index (χ0v) is 9.04. The van der Waals surface area contributed by atoms with Crippen molar-refractivity contribution in [3.63, 3.8) is 0 Å². The molecular weight excluding hydrogens is 210 g/mol. The average Bonchev–Trinajstić information content (AvgIpc) is 2.92. The molecule has 0 aliphatic heterocycles. The number of hydrogen-bond acceptors (Lipinski definition) is 2. The molecule has 0 bridgehead atoms. The molecule has 1 aliphatic carbocycles. The average molecular weight is 222 g/mol. The molecule has 2 N–H and O–H groups in total. The monoisotopic (exact) mass is 221 g/mol. The van der Waals surface area contributed by atoms with Gasteiger partial charge in [0.1, 0.15) is 5.82 Å². The van der Waals surface area contributed by atoms with Crippen molar-refractivity contribution in [3.8, 4) is 0 Å². The minimum Gasteiger partial charge on any atom is -0.329 e. The first kappa shape index (κ1) is 9.19. The predicted molar refractivity (Wildman–Crippen MR) is 60.2 cm³/mol. The van der Waals surface area contributed by atoms with Gasteiger partial charge in [-0.15, -0.1) is 0 Å². The maximum Gasteiger partial charge on any atom is 0.120 e. The van der Waals surface area contributed by atoms with Gasteiger partial charge in [0.05, 0.1) is 16.7 Å². The summed E-state index contributed by atoms with van der Waals surface area (Å²) in [6, 6.07) is 3.82. The van der Waals surface area contributed by atoms with Gasteiger partial charge in [-0.1, -0.05) is 11.6 Å². The molecule has 1 saturated carbocycles. The van der Waals surface area contributed by atoms with E-state index in [-0.39, 0.29) is 5.41 Å². The van der Waals surface area contributed by atoms with E-state index in [4.69, 9.17) is 17.3 Å². The van der Waals surface area contributed by atoms with Crippen LogP contribution in [0.2, 0.25) is 5.02 Å². The zero-order valence-electron chi connectivity index (χ0n) is 8.28. The van der Waals surface area contributed by atoms with E-state index in [2.05, 4.69) is 9.38 Å². The van der Waals surface area contributed by atoms with Crippen LogP contribution >= 0.6 is 11.6 Å². The van der Waals surface area contributed by atoms with Crippen LogP contribution in [0.1, 0.15) is 18.7 Å². The van der Waals surface area contributed by atoms with E-state index in [0.717, 1.165) is 29.2 Å². The van der Waals surface area contributed by atoms with Crippen LogP contribution in [0, 0.1) is 0 Å². The fraction of sp³-hybridized carbons (Fsp3) is 0.364. The Morgan fingerprint density at radius 1 is 1.53 bits per heavy atom. The van der Waals surface area contributed by atoms with E-state index >= 15 is 0 Å². The third kappa shape index (κ3) is 1.20. The molecule has 3 nitrogen and oxygen atoms in total. The number of hydrogen-bond donors (Lipinski definition) is 1. The lowest BCUT2D eigenvalue weighted by Crippen LogP contribution is -2.22. The van der Waals surface area contributed by atoms with E-state index < -0.39 is 0 Å². The summed E-state index contributed by atoms with van der Waals surface area (Å²) in [5.41, 5.74) is 6.88. The summed E-state index contributed by atoms with van der Waals surface area (Å²) in [7, 11) is 0. The third-order valence-electron chi connectivity index (χ3n) is 3.24. The number of halogens is 1. The molecule has 0 atom stereocenters. The summed E-state index contributed by atoms with van der Waals surface area (Å²) >= 11 is 6.09. The van der Waals surface area contributed by atoms with Crippen molar-refractivity contribution in [2.45, 2.75) is 18.3 Å². The second-order valence-corrected chi connectivity index (χ2v) is 4.58. The van der Waals surface area contributed by atoms with Crippen molar-refractivity contribution in [2.75, 3.05) is 6.54 Å². The van der Waals surface area contributed by atoms with E-state index in [1.165, 1.54) is 0 Å². The van der Waals surface area contributed by atoms with Crippen molar-refractivity contribution < 1.29 is 0 Å². The van der Waals surface area contributed by atoms with Crippen LogP contribution in [-0.2, 0) is 5.41 Å². The smallest absolute Gasteiger partial charge is 0.120 e. The van der Waals surface area contributed by atoms with Gasteiger partial charge in [0.25, 0.3) is 0 Å². The number of nitrogens with two attached hydrogens (primary N) is 1. The Kier molecular flexibility index (Phi) is 1.82. The molecule has 15 heavy (non-hydrogen) atoms. The normalized spacial score (nSPS) is 18.3. The molecule has 4 heteroatoms. The van der Waals surface area contributed by atoms with Gasteiger partial charge in [0.2, 0.25) is 0 Å². The summed E-state index contributed by atoms with van der Waals surface area (Å²) in [4.78, 5) is 4.46. The Balaban J connectivity index is 2.25. The third-order valence-corrected chi connectivity index (χ3v) is 3.56. The number of fused-ring (bicyclic) bond motifs is 1. The van der Waals surface area contributed by atoms with Crippen LogP contribution < -0.4 is 5.73 Å². The highest BCUT2D eigenvalue weighted by Gasteiger charge is 2.46. The number of aromatic nitrogens is 2. The van der Waals surface area contributed by atoms with Crippen LogP contribution in [0.5, 0.6) is 0 Å². The molecule has 0 unspecified atom stereocenters. The Morgan fingerprint density at radius 3 is 3.00 bits per heavy atom. The molecule has 1 aliphatic rings. The minimum atomic E-state index is 0.108. The number of pyridine rings is 1. The molecule has 0 amide bonds. The summed E-state index contributed by atoms with van der Waals surface area (Å²) < 4.78 is 2.06. The summed E-state index contributed by atoms with van der Waals surface area (Å²) in [6.45, 7) is 0.665. The Hall–Kier alpha value is -1.06. The molecule has 2 aromatic rings. The molecule has 0 radical (unpaired) electrons. The molecule has 1 fully saturated rings. The first-order valence-electron chi connectivity index (χ1n) is 5.09. The van der Waals surface area contributed by atoms with Gasteiger partial charge in [0, 0.05) is 18.2 Å². The zero-order chi connectivity index (χ0) is 10.5. The van der Waals surface area contributed by atoms with Crippen molar-refractivity contribution in [3.05, 3.63) is 35.4 Å². The first-order valence-corrected chi connectivity index (χ1v) is 5.47. The predicted octanol–water partition coefficient (Wildman–Crippen LogP) is 1.98. The fourth-order valence-corrected chi connectivity index (χ4v) is 2.26. The van der Waals surface area contributed by atoms with Gasteiger partial charge in [-0.25, -0.2) is 4.98 Å². The maximum atomic E-state index is 6.09. The second-order valence-electron chi connectivity index (χ2n) is 4.18. The topological polar surface area (TPSA) is 43.3 Å². The maximum absolute atomic E-state index is 6.09. The van der Waals surface area contributed by atoms with E-state index in [1.807, 2.05) is 24.5 Å². The van der Waals surface area contributed by atoms with Crippen LogP contribution in [0.4, 0.5) is 0 Å². The van der Waals surface area contributed by atoms with E-state index in [1.54, 1.807) is 0 Å². The van der Waals surface area contributed by atoms with E-state index in [0.29, 0.717) is 6.54 Å². The standard InChI is InChI=1S/C11H12ClN3/c12-8-2-1-5-15-9(8)6-14-10(15)11(7-13)3-4-11/h1-2,5-6H,3-4,7,13H2. The number of rotatable bonds is 2. The first-order chi connectivity index (χ1) is 7.27. The molecular formula is C11H12ClN3. The van der Waals surface area contributed by atoms with E-state index in [9.17, 15) is 0 Å². The molecule has 0 saturated heterocycles. The summed E-state index contributed by atoms with van der Waals surface area (Å²) in [5.74, 6) is 1.06. The molecule has 2 aromatic heterocycles. The van der Waals surface area contributed by atoms with Gasteiger partial charge in [-0.05, 0) is 25.0 Å². The van der Waals surface area contributed by atoms with Crippen molar-refractivity contribution in [1.82, 2.24) is 9.38 Å². The van der Waals surface area contributed by atoms with Crippen LogP contribution in [0.3, 0.4) is 0 Å². The molecule has 0 spiro atoms. The van der Waals surface area contributed by atoms with Crippen molar-refractivity contribution >= 4 is 17.1 Å². The van der Waals surface area contributed by atoms with Crippen LogP contribution in [0.25, 0.3) is 5.52 Å². The molecule has 78 valence electrons. The molecule has 3 rings (SSSR count). The molecule has 2 heterocycles. The summed E-state index contributed by atoms with van der Waals surface area (Å²) in [6.07, 6.45) is 6.09. The highest BCUT2D eigenvalue weighted by molar-refractivity contribution is 6.33. The minimum absolute atomic E-state index is 0.108. The number of imidazole rings is 1. The largest absolute Gasteiger partial charge is 0.329 e. The quantitative estimate of drug-likeness (QED) is 0.843. The lowest BCUT2D eigenvalue weighted by molar-refractivity contribution is 0.646. The highest BCUT2D eigenvalue weighted by Crippen LogP contribution is 2.46. The lowest BCUT2D eigenvalue weighted by atomic mass is 10.1. The summed E-state index contributed by atoms with van der Waals surface area (Å²) in [5, 5.41) is 0.740. The Morgan fingerprint density at radius 2 is 2.33 bits per heavy atom. The lowest BCUT2D eigenvalue weighted by Gasteiger charge is -2.10. The Labute approximate surface area is 92.9 Å². The van der Waals surface area contributed by atoms with Crippen molar-refractivity contribution in [2.24, 2.45) is 5.73 Å². The fourth-order valence-electron chi connectivity index (χ4n) is 2.05. The van der Waals surface area contributed by atoms with Crippen molar-refractivity contribution in [1.29, 1.82) is 0 Å². The second kappa shape index (κ2) is 2.97. The van der Waals surface area contributed by atoms with Crippen LogP contribution in [0.15, 0.2) is 24.5 Å². The molecule has 0 aromatic carbocycles. The van der Waals surface area contributed by atoms with Gasteiger partial charge in [-0.3, -0.25) is 0 Å². The highest BCUT2D eigenvalue weighted by atomic mass is 35.5. The Bertz CT molecular complexity index is 514. The SMILES string of the molecule is NCC1(c2ncc3c(Cl)cccn23)CC1. The number of nitrogens with zero attached hydrogens (tertiary/aromatic N) is 2. The van der Waals surface area contributed by atoms with Gasteiger partial charge in [-0.2, -0.15) is 0 Å². The van der Waals surface area contributed by atoms with Gasteiger partial charge < -0.3 is 10.1 Å². The van der Waals surface area contributed by atoms with Gasteiger partial charge >= 0.3 is 0 Å². The van der Waals surface area contributed by atoms with Gasteiger partial charge in [0.15, 0.2) is 0 Å².